The van der Waals surface area contributed by atoms with E-state index < -0.39 is 0 Å². The van der Waals surface area contributed by atoms with E-state index in [9.17, 15) is 0 Å². The molecule has 2 N–H and O–H groups in total. The molecule has 0 saturated heterocycles. The molecule has 0 unspecified atom stereocenters. The Morgan fingerprint density at radius 3 is 2.37 bits per heavy atom. The molecule has 3 nitrogen and oxygen atoms in total. The zero-order chi connectivity index (χ0) is 13.1. The molecule has 1 aromatic carbocycles. The summed E-state index contributed by atoms with van der Waals surface area (Å²) in [5.74, 6) is 0.682. The second-order valence-corrected chi connectivity index (χ2v) is 5.33. The molecule has 2 rings (SSSR count). The molecule has 1 aliphatic rings. The molecule has 0 heterocycles. The third-order valence-corrected chi connectivity index (χ3v) is 3.41. The topological polar surface area (TPSA) is 41.6 Å². The molecule has 1 saturated carbocycles. The van der Waals surface area contributed by atoms with Crippen molar-refractivity contribution in [3.63, 3.8) is 0 Å². The molecule has 0 radical (unpaired) electrons. The smallest absolute Gasteiger partial charge is 0.191 e. The zero-order valence-corrected chi connectivity index (χ0v) is 14.3. The first kappa shape index (κ1) is 16.3. The molecular weight excluding hydrogens is 349 g/mol. The van der Waals surface area contributed by atoms with Crippen molar-refractivity contribution in [2.75, 3.05) is 13.6 Å². The van der Waals surface area contributed by atoms with Gasteiger partial charge in [-0.25, -0.2) is 0 Å². The van der Waals surface area contributed by atoms with Crippen LogP contribution in [0.1, 0.15) is 29.5 Å². The summed E-state index contributed by atoms with van der Waals surface area (Å²) in [5, 5.41) is 0. The number of halogens is 1. The van der Waals surface area contributed by atoms with Gasteiger partial charge in [-0.1, -0.05) is 29.3 Å². The van der Waals surface area contributed by atoms with Crippen LogP contribution in [0.4, 0.5) is 0 Å². The Kier molecular flexibility index (Phi) is 6.10. The summed E-state index contributed by atoms with van der Waals surface area (Å²) in [6, 6.07) is 7.28. The maximum atomic E-state index is 5.96. The molecule has 0 spiro atoms. The van der Waals surface area contributed by atoms with Crippen molar-refractivity contribution >= 4 is 29.9 Å². The van der Waals surface area contributed by atoms with E-state index in [1.54, 1.807) is 0 Å². The Morgan fingerprint density at radius 2 is 1.84 bits per heavy atom. The fraction of sp³-hybridized carbons (Fsp3) is 0.533. The second kappa shape index (κ2) is 7.12. The van der Waals surface area contributed by atoms with Gasteiger partial charge in [0.25, 0.3) is 0 Å². The number of hydrogen-bond acceptors (Lipinski definition) is 1. The lowest BCUT2D eigenvalue weighted by Gasteiger charge is -2.16. The van der Waals surface area contributed by atoms with Crippen molar-refractivity contribution in [3.05, 3.63) is 34.9 Å². The standard InChI is InChI=1S/C15H23N3.HI/c1-11-8-12(2)10-13(9-11)6-7-17-15(16)18(3)14-4-5-14;/h8-10,14H,4-7H2,1-3H3,(H2,16,17);1H. The van der Waals surface area contributed by atoms with Gasteiger partial charge < -0.3 is 10.6 Å². The van der Waals surface area contributed by atoms with Crippen LogP contribution in [-0.2, 0) is 6.42 Å². The van der Waals surface area contributed by atoms with Crippen LogP contribution in [0.25, 0.3) is 0 Å². The molecule has 1 fully saturated rings. The number of nitrogens with zero attached hydrogens (tertiary/aromatic N) is 2. The average Bonchev–Trinajstić information content (AvgIpc) is 3.10. The Morgan fingerprint density at radius 1 is 1.26 bits per heavy atom. The summed E-state index contributed by atoms with van der Waals surface area (Å²) in [6.45, 7) is 5.04. The first-order valence-corrected chi connectivity index (χ1v) is 6.66. The molecule has 4 heteroatoms. The third kappa shape index (κ3) is 5.01. The first-order valence-electron chi connectivity index (χ1n) is 6.66. The minimum Gasteiger partial charge on any atom is -0.370 e. The van der Waals surface area contributed by atoms with E-state index in [0.717, 1.165) is 13.0 Å². The van der Waals surface area contributed by atoms with Crippen molar-refractivity contribution in [3.8, 4) is 0 Å². The Hall–Kier alpha value is -0.780. The molecule has 0 bridgehead atoms. The summed E-state index contributed by atoms with van der Waals surface area (Å²) < 4.78 is 0. The number of benzene rings is 1. The number of guanidine groups is 1. The second-order valence-electron chi connectivity index (χ2n) is 5.33. The summed E-state index contributed by atoms with van der Waals surface area (Å²) in [4.78, 5) is 6.56. The highest BCUT2D eigenvalue weighted by molar-refractivity contribution is 14.0. The quantitative estimate of drug-likeness (QED) is 0.501. The van der Waals surface area contributed by atoms with Gasteiger partial charge in [0.15, 0.2) is 5.96 Å². The highest BCUT2D eigenvalue weighted by atomic mass is 127. The van der Waals surface area contributed by atoms with Gasteiger partial charge in [-0.2, -0.15) is 0 Å². The van der Waals surface area contributed by atoms with Crippen LogP contribution in [0.3, 0.4) is 0 Å². The van der Waals surface area contributed by atoms with Crippen LogP contribution in [0.15, 0.2) is 23.2 Å². The maximum Gasteiger partial charge on any atom is 0.191 e. The number of aliphatic imine (C=N–C) groups is 1. The van der Waals surface area contributed by atoms with Crippen molar-refractivity contribution < 1.29 is 0 Å². The Bertz CT molecular complexity index is 432. The lowest BCUT2D eigenvalue weighted by Crippen LogP contribution is -2.35. The third-order valence-electron chi connectivity index (χ3n) is 3.41. The van der Waals surface area contributed by atoms with Gasteiger partial charge in [-0.3, -0.25) is 4.99 Å². The van der Waals surface area contributed by atoms with E-state index in [4.69, 9.17) is 5.73 Å². The zero-order valence-electron chi connectivity index (χ0n) is 12.0. The number of rotatable bonds is 4. The van der Waals surface area contributed by atoms with Gasteiger partial charge in [0.05, 0.1) is 0 Å². The van der Waals surface area contributed by atoms with Crippen LogP contribution in [0.2, 0.25) is 0 Å². The molecule has 0 aliphatic heterocycles. The Labute approximate surface area is 133 Å². The van der Waals surface area contributed by atoms with Crippen LogP contribution >= 0.6 is 24.0 Å². The molecular formula is C15H24IN3. The van der Waals surface area contributed by atoms with E-state index in [0.29, 0.717) is 12.0 Å². The van der Waals surface area contributed by atoms with Crippen LogP contribution < -0.4 is 5.73 Å². The highest BCUT2D eigenvalue weighted by Gasteiger charge is 2.27. The van der Waals surface area contributed by atoms with Crippen molar-refractivity contribution in [1.29, 1.82) is 0 Å². The molecule has 0 amide bonds. The monoisotopic (exact) mass is 373 g/mol. The van der Waals surface area contributed by atoms with E-state index >= 15 is 0 Å². The van der Waals surface area contributed by atoms with Gasteiger partial charge in [-0.15, -0.1) is 24.0 Å². The van der Waals surface area contributed by atoms with Crippen molar-refractivity contribution in [1.82, 2.24) is 4.90 Å². The largest absolute Gasteiger partial charge is 0.370 e. The lowest BCUT2D eigenvalue weighted by molar-refractivity contribution is 0.487. The van der Waals surface area contributed by atoms with Gasteiger partial charge in [-0.05, 0) is 38.7 Å². The summed E-state index contributed by atoms with van der Waals surface area (Å²) >= 11 is 0. The van der Waals surface area contributed by atoms with Crippen LogP contribution in [0, 0.1) is 13.8 Å². The molecule has 0 aromatic heterocycles. The summed E-state index contributed by atoms with van der Waals surface area (Å²) in [7, 11) is 2.04. The number of aryl methyl sites for hydroxylation is 2. The average molecular weight is 373 g/mol. The summed E-state index contributed by atoms with van der Waals surface area (Å²) in [5.41, 5.74) is 9.94. The highest BCUT2D eigenvalue weighted by Crippen LogP contribution is 2.24. The molecule has 1 aliphatic carbocycles. The maximum absolute atomic E-state index is 5.96. The van der Waals surface area contributed by atoms with Gasteiger partial charge in [0.2, 0.25) is 0 Å². The van der Waals surface area contributed by atoms with E-state index in [1.807, 2.05) is 7.05 Å². The van der Waals surface area contributed by atoms with Crippen LogP contribution in [-0.4, -0.2) is 30.5 Å². The SMILES string of the molecule is Cc1cc(C)cc(CCN=C(N)N(C)C2CC2)c1.I. The van der Waals surface area contributed by atoms with E-state index in [-0.39, 0.29) is 24.0 Å². The van der Waals surface area contributed by atoms with Gasteiger partial charge in [0, 0.05) is 19.6 Å². The van der Waals surface area contributed by atoms with Gasteiger partial charge >= 0.3 is 0 Å². The Balaban J connectivity index is 0.00000180. The fourth-order valence-electron chi connectivity index (χ4n) is 2.27. The predicted octanol–water partition coefficient (Wildman–Crippen LogP) is 2.87. The molecule has 19 heavy (non-hydrogen) atoms. The molecule has 0 atom stereocenters. The van der Waals surface area contributed by atoms with Crippen molar-refractivity contribution in [2.24, 2.45) is 10.7 Å². The lowest BCUT2D eigenvalue weighted by atomic mass is 10.1. The van der Waals surface area contributed by atoms with E-state index in [1.165, 1.54) is 29.5 Å². The van der Waals surface area contributed by atoms with Gasteiger partial charge in [0.1, 0.15) is 0 Å². The van der Waals surface area contributed by atoms with Crippen LogP contribution in [0.5, 0.6) is 0 Å². The molecule has 1 aromatic rings. The fourth-order valence-corrected chi connectivity index (χ4v) is 2.27. The summed E-state index contributed by atoms with van der Waals surface area (Å²) in [6.07, 6.45) is 3.47. The predicted molar refractivity (Wildman–Crippen MR) is 92.3 cm³/mol. The van der Waals surface area contributed by atoms with E-state index in [2.05, 4.69) is 41.9 Å². The normalized spacial score (nSPS) is 15.0. The minimum atomic E-state index is 0. The first-order chi connectivity index (χ1) is 8.56. The number of hydrogen-bond donors (Lipinski definition) is 1. The van der Waals surface area contributed by atoms with Crippen molar-refractivity contribution in [2.45, 2.75) is 39.2 Å². The minimum absolute atomic E-state index is 0. The molecule has 106 valence electrons. The number of nitrogens with two attached hydrogens (primary N) is 1.